The maximum atomic E-state index is 11.8. The van der Waals surface area contributed by atoms with Gasteiger partial charge in [-0.05, 0) is 37.3 Å². The first-order valence-corrected chi connectivity index (χ1v) is 7.43. The van der Waals surface area contributed by atoms with Gasteiger partial charge in [0.1, 0.15) is 11.8 Å². The van der Waals surface area contributed by atoms with Gasteiger partial charge in [-0.1, -0.05) is 32.0 Å². The summed E-state index contributed by atoms with van der Waals surface area (Å²) in [6, 6.07) is 7.84. The second kappa shape index (κ2) is 8.67. The quantitative estimate of drug-likeness (QED) is 0.749. The van der Waals surface area contributed by atoms with Crippen molar-refractivity contribution in [3.63, 3.8) is 0 Å². The van der Waals surface area contributed by atoms with E-state index in [4.69, 9.17) is 9.47 Å². The Labute approximate surface area is 127 Å². The van der Waals surface area contributed by atoms with E-state index in [1.807, 2.05) is 24.3 Å². The standard InChI is InChI=1S/C17H27NO3/c1-12(2)10-15(17(19)21-5)18-13(3)11-14-8-6-7-9-16(14)20-4/h6-9,12-13,15,18H,10-11H2,1-5H3. The molecule has 0 saturated carbocycles. The van der Waals surface area contributed by atoms with Crippen LogP contribution >= 0.6 is 0 Å². The molecule has 0 amide bonds. The number of ether oxygens (including phenoxy) is 2. The Kier molecular flexibility index (Phi) is 7.23. The molecule has 4 nitrogen and oxygen atoms in total. The van der Waals surface area contributed by atoms with Crippen LogP contribution in [0.25, 0.3) is 0 Å². The van der Waals surface area contributed by atoms with Gasteiger partial charge in [-0.3, -0.25) is 4.79 Å². The van der Waals surface area contributed by atoms with E-state index in [0.29, 0.717) is 5.92 Å². The highest BCUT2D eigenvalue weighted by atomic mass is 16.5. The van der Waals surface area contributed by atoms with Crippen LogP contribution in [0, 0.1) is 5.92 Å². The lowest BCUT2D eigenvalue weighted by molar-refractivity contribution is -0.143. The third kappa shape index (κ3) is 5.76. The Bertz CT molecular complexity index is 445. The number of benzene rings is 1. The van der Waals surface area contributed by atoms with Crippen molar-refractivity contribution in [3.05, 3.63) is 29.8 Å². The first kappa shape index (κ1) is 17.5. The van der Waals surface area contributed by atoms with Gasteiger partial charge in [0, 0.05) is 6.04 Å². The van der Waals surface area contributed by atoms with Crippen molar-refractivity contribution in [2.45, 2.75) is 45.7 Å². The monoisotopic (exact) mass is 293 g/mol. The van der Waals surface area contributed by atoms with Crippen LogP contribution < -0.4 is 10.1 Å². The molecule has 0 aromatic heterocycles. The Morgan fingerprint density at radius 3 is 2.43 bits per heavy atom. The molecule has 0 aliphatic carbocycles. The van der Waals surface area contributed by atoms with Gasteiger partial charge < -0.3 is 14.8 Å². The number of esters is 1. The first-order chi connectivity index (χ1) is 9.97. The summed E-state index contributed by atoms with van der Waals surface area (Å²) in [4.78, 5) is 11.8. The normalized spacial score (nSPS) is 13.8. The minimum Gasteiger partial charge on any atom is -0.496 e. The van der Waals surface area contributed by atoms with Crippen LogP contribution in [0.5, 0.6) is 5.75 Å². The molecule has 4 heteroatoms. The number of carbonyl (C=O) groups is 1. The predicted octanol–water partition coefficient (Wildman–Crippen LogP) is 2.80. The Morgan fingerprint density at radius 2 is 1.86 bits per heavy atom. The van der Waals surface area contributed by atoms with E-state index in [2.05, 4.69) is 26.1 Å². The van der Waals surface area contributed by atoms with Crippen molar-refractivity contribution in [1.82, 2.24) is 5.32 Å². The van der Waals surface area contributed by atoms with Crippen LogP contribution in [0.2, 0.25) is 0 Å². The van der Waals surface area contributed by atoms with Gasteiger partial charge in [0.05, 0.1) is 14.2 Å². The van der Waals surface area contributed by atoms with Crippen molar-refractivity contribution >= 4 is 5.97 Å². The van der Waals surface area contributed by atoms with Crippen LogP contribution in [-0.4, -0.2) is 32.3 Å². The number of nitrogens with one attached hydrogen (secondary N) is 1. The molecular formula is C17H27NO3. The molecule has 21 heavy (non-hydrogen) atoms. The molecule has 0 spiro atoms. The fourth-order valence-electron chi connectivity index (χ4n) is 2.45. The Hall–Kier alpha value is -1.55. The van der Waals surface area contributed by atoms with E-state index >= 15 is 0 Å². The molecule has 0 radical (unpaired) electrons. The van der Waals surface area contributed by atoms with E-state index in [9.17, 15) is 4.79 Å². The van der Waals surface area contributed by atoms with Gasteiger partial charge in [-0.2, -0.15) is 0 Å². The average molecular weight is 293 g/mol. The van der Waals surface area contributed by atoms with E-state index < -0.39 is 0 Å². The summed E-state index contributed by atoms with van der Waals surface area (Å²) < 4.78 is 10.2. The molecule has 0 bridgehead atoms. The number of hydrogen-bond acceptors (Lipinski definition) is 4. The molecule has 1 aromatic carbocycles. The minimum atomic E-state index is -0.264. The summed E-state index contributed by atoms with van der Waals surface area (Å²) in [6.07, 6.45) is 1.57. The third-order valence-corrected chi connectivity index (χ3v) is 3.40. The fourth-order valence-corrected chi connectivity index (χ4v) is 2.45. The molecule has 0 fully saturated rings. The number of hydrogen-bond donors (Lipinski definition) is 1. The average Bonchev–Trinajstić information content (AvgIpc) is 2.45. The van der Waals surface area contributed by atoms with Gasteiger partial charge in [0.2, 0.25) is 0 Å². The topological polar surface area (TPSA) is 47.6 Å². The van der Waals surface area contributed by atoms with E-state index in [0.717, 1.165) is 24.2 Å². The van der Waals surface area contributed by atoms with Gasteiger partial charge in [0.15, 0.2) is 0 Å². The molecular weight excluding hydrogens is 266 g/mol. The Balaban J connectivity index is 2.68. The SMILES string of the molecule is COC(=O)C(CC(C)C)NC(C)Cc1ccccc1OC. The van der Waals surface area contributed by atoms with Gasteiger partial charge in [-0.15, -0.1) is 0 Å². The molecule has 2 atom stereocenters. The van der Waals surface area contributed by atoms with Gasteiger partial charge >= 0.3 is 5.97 Å². The second-order valence-corrected chi connectivity index (χ2v) is 5.79. The Morgan fingerprint density at radius 1 is 1.19 bits per heavy atom. The molecule has 1 N–H and O–H groups in total. The van der Waals surface area contributed by atoms with Crippen molar-refractivity contribution in [2.24, 2.45) is 5.92 Å². The van der Waals surface area contributed by atoms with E-state index in [1.165, 1.54) is 7.11 Å². The molecule has 0 aliphatic rings. The van der Waals surface area contributed by atoms with E-state index in [1.54, 1.807) is 7.11 Å². The maximum Gasteiger partial charge on any atom is 0.322 e. The zero-order valence-electron chi connectivity index (χ0n) is 13.7. The van der Waals surface area contributed by atoms with Crippen molar-refractivity contribution < 1.29 is 14.3 Å². The maximum absolute atomic E-state index is 11.8. The summed E-state index contributed by atoms with van der Waals surface area (Å²) in [5.41, 5.74) is 1.13. The minimum absolute atomic E-state index is 0.157. The van der Waals surface area contributed by atoms with Crippen LogP contribution in [0.1, 0.15) is 32.8 Å². The van der Waals surface area contributed by atoms with Gasteiger partial charge in [-0.25, -0.2) is 0 Å². The predicted molar refractivity (Wildman–Crippen MR) is 84.6 cm³/mol. The van der Waals surface area contributed by atoms with Crippen LogP contribution in [0.3, 0.4) is 0 Å². The molecule has 118 valence electrons. The summed E-state index contributed by atoms with van der Waals surface area (Å²) in [7, 11) is 3.11. The van der Waals surface area contributed by atoms with Crippen molar-refractivity contribution in [3.8, 4) is 5.75 Å². The van der Waals surface area contributed by atoms with Crippen LogP contribution in [-0.2, 0) is 16.0 Å². The van der Waals surface area contributed by atoms with Gasteiger partial charge in [0.25, 0.3) is 0 Å². The highest BCUT2D eigenvalue weighted by Crippen LogP contribution is 2.19. The van der Waals surface area contributed by atoms with Crippen LogP contribution in [0.4, 0.5) is 0 Å². The molecule has 1 rings (SSSR count). The third-order valence-electron chi connectivity index (χ3n) is 3.40. The zero-order valence-corrected chi connectivity index (χ0v) is 13.7. The van der Waals surface area contributed by atoms with E-state index in [-0.39, 0.29) is 18.1 Å². The lowest BCUT2D eigenvalue weighted by Gasteiger charge is -2.23. The lowest BCUT2D eigenvalue weighted by Crippen LogP contribution is -2.44. The highest BCUT2D eigenvalue weighted by Gasteiger charge is 2.22. The molecule has 0 aliphatic heterocycles. The summed E-state index contributed by atoms with van der Waals surface area (Å²) in [6.45, 7) is 6.27. The first-order valence-electron chi connectivity index (χ1n) is 7.43. The molecule has 0 saturated heterocycles. The molecule has 0 heterocycles. The summed E-state index contributed by atoms with van der Waals surface area (Å²) in [5, 5.41) is 3.37. The summed E-state index contributed by atoms with van der Waals surface area (Å²) in [5.74, 6) is 1.11. The number of rotatable bonds is 8. The lowest BCUT2D eigenvalue weighted by atomic mass is 10.0. The number of methoxy groups -OCH3 is 2. The molecule has 2 unspecified atom stereocenters. The van der Waals surface area contributed by atoms with Crippen LogP contribution in [0.15, 0.2) is 24.3 Å². The zero-order chi connectivity index (χ0) is 15.8. The highest BCUT2D eigenvalue weighted by molar-refractivity contribution is 5.75. The molecule has 1 aromatic rings. The van der Waals surface area contributed by atoms with Crippen molar-refractivity contribution in [1.29, 1.82) is 0 Å². The second-order valence-electron chi connectivity index (χ2n) is 5.79. The number of para-hydroxylation sites is 1. The van der Waals surface area contributed by atoms with Crippen molar-refractivity contribution in [2.75, 3.05) is 14.2 Å². The number of carbonyl (C=O) groups excluding carboxylic acids is 1. The summed E-state index contributed by atoms with van der Waals surface area (Å²) >= 11 is 0. The largest absolute Gasteiger partial charge is 0.496 e. The fraction of sp³-hybridized carbons (Fsp3) is 0.588. The smallest absolute Gasteiger partial charge is 0.322 e.